The fourth-order valence-electron chi connectivity index (χ4n) is 2.09. The van der Waals surface area contributed by atoms with Gasteiger partial charge in [-0.3, -0.25) is 9.78 Å². The van der Waals surface area contributed by atoms with Gasteiger partial charge in [-0.1, -0.05) is 6.07 Å². The molecule has 1 amide bonds. The van der Waals surface area contributed by atoms with E-state index in [9.17, 15) is 4.79 Å². The second-order valence-corrected chi connectivity index (χ2v) is 4.56. The average molecular weight is 322 g/mol. The third-order valence-electron chi connectivity index (χ3n) is 3.10. The first kappa shape index (κ1) is 19.1. The highest BCUT2D eigenvalue weighted by atomic mass is 35.5. The molecule has 1 aliphatic rings. The highest BCUT2D eigenvalue weighted by Crippen LogP contribution is 2.09. The Morgan fingerprint density at radius 1 is 1.55 bits per heavy atom. The number of morpholine rings is 1. The highest BCUT2D eigenvalue weighted by molar-refractivity contribution is 5.85. The largest absolute Gasteiger partial charge is 0.375 e. The Hall–Kier alpha value is -0.880. The number of carbonyl (C=O) groups excluding carboxylic acids is 1. The van der Waals surface area contributed by atoms with E-state index in [0.29, 0.717) is 13.2 Å². The number of ether oxygens (including phenoxy) is 1. The number of rotatable bonds is 3. The zero-order chi connectivity index (χ0) is 13.0. The Morgan fingerprint density at radius 2 is 2.30 bits per heavy atom. The third kappa shape index (κ3) is 4.90. The van der Waals surface area contributed by atoms with Crippen LogP contribution >= 0.6 is 24.8 Å². The summed E-state index contributed by atoms with van der Waals surface area (Å²) in [6.45, 7) is 3.88. The van der Waals surface area contributed by atoms with Gasteiger partial charge in [-0.2, -0.15) is 0 Å². The second-order valence-electron chi connectivity index (χ2n) is 4.56. The number of hydrogen-bond acceptors (Lipinski definition) is 4. The minimum absolute atomic E-state index is 0. The van der Waals surface area contributed by atoms with Crippen molar-refractivity contribution in [3.8, 4) is 0 Å². The summed E-state index contributed by atoms with van der Waals surface area (Å²) in [5, 5.41) is 3.20. The van der Waals surface area contributed by atoms with Gasteiger partial charge in [-0.15, -0.1) is 24.8 Å². The quantitative estimate of drug-likeness (QED) is 0.910. The number of nitrogens with one attached hydrogen (secondary N) is 1. The minimum atomic E-state index is -0.250. The van der Waals surface area contributed by atoms with E-state index >= 15 is 0 Å². The van der Waals surface area contributed by atoms with Crippen LogP contribution in [0, 0.1) is 0 Å². The predicted octanol–water partition coefficient (Wildman–Crippen LogP) is 1.26. The van der Waals surface area contributed by atoms with Crippen LogP contribution < -0.4 is 5.32 Å². The summed E-state index contributed by atoms with van der Waals surface area (Å²) in [4.78, 5) is 18.0. The Balaban J connectivity index is 0.00000180. The molecule has 1 aromatic heterocycles. The van der Waals surface area contributed by atoms with Crippen molar-refractivity contribution in [2.75, 3.05) is 20.2 Å². The van der Waals surface area contributed by atoms with E-state index in [-0.39, 0.29) is 42.9 Å². The van der Waals surface area contributed by atoms with Crippen molar-refractivity contribution < 1.29 is 9.53 Å². The summed E-state index contributed by atoms with van der Waals surface area (Å²) >= 11 is 0. The van der Waals surface area contributed by atoms with Crippen LogP contribution in [0.5, 0.6) is 0 Å². The molecule has 1 fully saturated rings. The Bertz CT molecular complexity index is 406. The number of likely N-dealkylation sites (N-methyl/N-ethyl adjacent to an activating group) is 1. The van der Waals surface area contributed by atoms with Crippen LogP contribution in [0.3, 0.4) is 0 Å². The van der Waals surface area contributed by atoms with E-state index < -0.39 is 0 Å². The summed E-state index contributed by atoms with van der Waals surface area (Å²) in [7, 11) is 1.80. The summed E-state index contributed by atoms with van der Waals surface area (Å²) in [6.07, 6.45) is 3.42. The van der Waals surface area contributed by atoms with Gasteiger partial charge in [-0.25, -0.2) is 0 Å². The Morgan fingerprint density at radius 3 is 2.90 bits per heavy atom. The molecule has 7 heteroatoms. The van der Waals surface area contributed by atoms with Crippen LogP contribution in [0.1, 0.15) is 12.5 Å². The fourth-order valence-corrected chi connectivity index (χ4v) is 2.09. The Kier molecular flexibility index (Phi) is 8.73. The lowest BCUT2D eigenvalue weighted by atomic mass is 10.1. The van der Waals surface area contributed by atoms with Gasteiger partial charge in [0.1, 0.15) is 6.04 Å². The molecular weight excluding hydrogens is 301 g/mol. The molecule has 0 bridgehead atoms. The molecule has 0 saturated carbocycles. The predicted molar refractivity (Wildman–Crippen MR) is 82.4 cm³/mol. The van der Waals surface area contributed by atoms with Gasteiger partial charge in [0.2, 0.25) is 5.91 Å². The van der Waals surface area contributed by atoms with E-state index in [4.69, 9.17) is 4.74 Å². The van der Waals surface area contributed by atoms with E-state index in [2.05, 4.69) is 10.3 Å². The molecule has 114 valence electrons. The van der Waals surface area contributed by atoms with Gasteiger partial charge in [0.25, 0.3) is 0 Å². The summed E-state index contributed by atoms with van der Waals surface area (Å²) in [5.74, 6) is 0.0612. The fraction of sp³-hybridized carbons (Fsp3) is 0.538. The summed E-state index contributed by atoms with van der Waals surface area (Å²) < 4.78 is 5.49. The van der Waals surface area contributed by atoms with Crippen molar-refractivity contribution in [2.24, 2.45) is 0 Å². The molecule has 0 aromatic carbocycles. The van der Waals surface area contributed by atoms with Crippen molar-refractivity contribution in [1.29, 1.82) is 0 Å². The average Bonchev–Trinajstić information content (AvgIpc) is 2.39. The lowest BCUT2D eigenvalue weighted by Gasteiger charge is -2.32. The summed E-state index contributed by atoms with van der Waals surface area (Å²) in [5.41, 5.74) is 1.03. The number of aromatic nitrogens is 1. The summed E-state index contributed by atoms with van der Waals surface area (Å²) in [6, 6.07) is 3.59. The molecule has 5 nitrogen and oxygen atoms in total. The lowest BCUT2D eigenvalue weighted by molar-refractivity contribution is -0.138. The van der Waals surface area contributed by atoms with Gasteiger partial charge < -0.3 is 15.0 Å². The van der Waals surface area contributed by atoms with Gasteiger partial charge >= 0.3 is 0 Å². The number of amides is 1. The maximum Gasteiger partial charge on any atom is 0.242 e. The standard InChI is InChI=1S/C13H19N3O2.2ClH/c1-10-12(15-6-7-18-10)13(17)16(2)9-11-4-3-5-14-8-11;;/h3-5,8,10,12,15H,6-7,9H2,1-2H3;2*1H/t10-,12+;;/m1../s1. The van der Waals surface area contributed by atoms with E-state index in [0.717, 1.165) is 12.1 Å². The SMILES string of the molecule is C[C@H]1OCCN[C@@H]1C(=O)N(C)Cc1cccnc1.Cl.Cl. The topological polar surface area (TPSA) is 54.5 Å². The number of nitrogens with zero attached hydrogens (tertiary/aromatic N) is 2. The van der Waals surface area contributed by atoms with Crippen molar-refractivity contribution in [2.45, 2.75) is 25.6 Å². The van der Waals surface area contributed by atoms with Crippen molar-refractivity contribution in [3.05, 3.63) is 30.1 Å². The number of hydrogen-bond donors (Lipinski definition) is 1. The van der Waals surface area contributed by atoms with Gasteiger partial charge in [0.15, 0.2) is 0 Å². The van der Waals surface area contributed by atoms with E-state index in [1.54, 1.807) is 24.3 Å². The van der Waals surface area contributed by atoms with Gasteiger partial charge in [0.05, 0.1) is 12.7 Å². The van der Waals surface area contributed by atoms with Gasteiger partial charge in [0, 0.05) is 32.5 Å². The molecule has 0 unspecified atom stereocenters. The molecule has 2 rings (SSSR count). The van der Waals surface area contributed by atoms with Gasteiger partial charge in [-0.05, 0) is 18.6 Å². The zero-order valence-corrected chi connectivity index (χ0v) is 13.2. The maximum absolute atomic E-state index is 12.3. The first-order valence-corrected chi connectivity index (χ1v) is 6.17. The first-order chi connectivity index (χ1) is 8.68. The molecule has 1 N–H and O–H groups in total. The highest BCUT2D eigenvalue weighted by Gasteiger charge is 2.30. The van der Waals surface area contributed by atoms with Crippen LogP contribution in [0.2, 0.25) is 0 Å². The molecule has 0 aliphatic carbocycles. The molecule has 20 heavy (non-hydrogen) atoms. The number of halogens is 2. The van der Waals surface area contributed by atoms with E-state index in [1.165, 1.54) is 0 Å². The molecule has 1 aliphatic heterocycles. The molecule has 1 saturated heterocycles. The van der Waals surface area contributed by atoms with Crippen LogP contribution in [0.4, 0.5) is 0 Å². The first-order valence-electron chi connectivity index (χ1n) is 6.17. The number of carbonyl (C=O) groups is 1. The lowest BCUT2D eigenvalue weighted by Crippen LogP contribution is -2.55. The Labute approximate surface area is 131 Å². The molecule has 2 atom stereocenters. The molecule has 0 radical (unpaired) electrons. The maximum atomic E-state index is 12.3. The van der Waals surface area contributed by atoms with E-state index in [1.807, 2.05) is 19.1 Å². The molecule has 1 aromatic rings. The molecular formula is C13H21Cl2N3O2. The van der Waals surface area contributed by atoms with Crippen molar-refractivity contribution in [1.82, 2.24) is 15.2 Å². The minimum Gasteiger partial charge on any atom is -0.375 e. The van der Waals surface area contributed by atoms with Crippen molar-refractivity contribution >= 4 is 30.7 Å². The van der Waals surface area contributed by atoms with Crippen LogP contribution in [0.15, 0.2) is 24.5 Å². The third-order valence-corrected chi connectivity index (χ3v) is 3.10. The normalized spacial score (nSPS) is 21.3. The second kappa shape index (κ2) is 9.13. The van der Waals surface area contributed by atoms with Crippen LogP contribution in [-0.4, -0.2) is 48.1 Å². The van der Waals surface area contributed by atoms with Crippen molar-refractivity contribution in [3.63, 3.8) is 0 Å². The van der Waals surface area contributed by atoms with Crippen LogP contribution in [-0.2, 0) is 16.1 Å². The zero-order valence-electron chi connectivity index (χ0n) is 11.6. The smallest absolute Gasteiger partial charge is 0.242 e. The van der Waals surface area contributed by atoms with Crippen LogP contribution in [0.25, 0.3) is 0 Å². The monoisotopic (exact) mass is 321 g/mol. The molecule has 0 spiro atoms. The molecule has 2 heterocycles. The number of pyridine rings is 1.